The molecule has 39 heavy (non-hydrogen) atoms. The first kappa shape index (κ1) is 35.6. The Morgan fingerprint density at radius 1 is 1.13 bits per heavy atom. The lowest BCUT2D eigenvalue weighted by molar-refractivity contribution is -0.114. The van der Waals surface area contributed by atoms with Crippen molar-refractivity contribution in [2.24, 2.45) is 16.5 Å². The maximum Gasteiger partial charge on any atom is 0.279 e. The number of carbonyl (C=O) groups is 1. The molecular weight excluding hydrogens is 511 g/mol. The zero-order valence-electron chi connectivity index (χ0n) is 24.0. The van der Waals surface area contributed by atoms with E-state index < -0.39 is 11.7 Å². The van der Waals surface area contributed by atoms with Gasteiger partial charge in [-0.05, 0) is 55.7 Å². The van der Waals surface area contributed by atoms with Gasteiger partial charge >= 0.3 is 0 Å². The topological polar surface area (TPSA) is 114 Å². The van der Waals surface area contributed by atoms with Gasteiger partial charge in [0, 0.05) is 11.1 Å². The number of carbonyl (C=O) groups excluding carboxylic acids is 1. The fraction of sp³-hybridized carbons (Fsp3) is 0.387. The number of allylic oxidation sites excluding steroid dienone is 2. The smallest absolute Gasteiger partial charge is 0.279 e. The van der Waals surface area contributed by atoms with Gasteiger partial charge in [0.15, 0.2) is 5.17 Å². The molecule has 0 spiro atoms. The molecule has 0 aromatic heterocycles. The number of nitrogens with two attached hydrogens (primary N) is 2. The number of nitrogens with zero attached hydrogens (tertiary/aromatic N) is 2. The van der Waals surface area contributed by atoms with Crippen LogP contribution in [0.3, 0.4) is 0 Å². The highest BCUT2D eigenvalue weighted by atomic mass is 32.2. The Labute approximate surface area is 238 Å². The van der Waals surface area contributed by atoms with E-state index in [1.54, 1.807) is 31.2 Å². The van der Waals surface area contributed by atoms with Crippen molar-refractivity contribution in [1.29, 1.82) is 5.26 Å². The summed E-state index contributed by atoms with van der Waals surface area (Å²) < 4.78 is 19.1. The molecule has 0 saturated heterocycles. The summed E-state index contributed by atoms with van der Waals surface area (Å²) in [7, 11) is 1.50. The average molecular weight is 555 g/mol. The number of hydrogen-bond acceptors (Lipinski definition) is 5. The van der Waals surface area contributed by atoms with Crippen LogP contribution in [-0.2, 0) is 4.79 Å². The number of aliphatic imine (C=N–C) groups is 1. The summed E-state index contributed by atoms with van der Waals surface area (Å²) in [4.78, 5) is 16.8. The standard InChI is InChI=1S/C20H28FN3O2S.C7H5N.C4H10/c1-5-8-15(19(25)24-20(23)27-18(22)9-6-2)14(7-3)16-12-13(21)10-11-17(16)26-4;8-6-7-4-2-1-3-5-7;1-3-4-2/h5,8,10-12,18H,6-7,9,22H2,1-4H3,(H2,23,24,25);1-5H;3-4H2,1-2H3/b8-5-,15-14-;;/t18-;;/m1../s1. The van der Waals surface area contributed by atoms with Gasteiger partial charge in [-0.3, -0.25) is 4.79 Å². The zero-order chi connectivity index (χ0) is 29.6. The van der Waals surface area contributed by atoms with Gasteiger partial charge in [-0.25, -0.2) is 4.39 Å². The molecule has 1 amide bonds. The van der Waals surface area contributed by atoms with Crippen molar-refractivity contribution < 1.29 is 13.9 Å². The van der Waals surface area contributed by atoms with E-state index in [1.165, 1.54) is 49.9 Å². The third kappa shape index (κ3) is 14.4. The number of unbranched alkanes of at least 4 members (excludes halogenated alkanes) is 1. The third-order valence-electron chi connectivity index (χ3n) is 5.19. The third-order valence-corrected chi connectivity index (χ3v) is 6.06. The Morgan fingerprint density at radius 2 is 1.77 bits per heavy atom. The first-order valence-corrected chi connectivity index (χ1v) is 14.1. The number of rotatable bonds is 9. The summed E-state index contributed by atoms with van der Waals surface area (Å²) in [5, 5.41) is 8.19. The van der Waals surface area contributed by atoms with Crippen LogP contribution in [0, 0.1) is 17.1 Å². The van der Waals surface area contributed by atoms with Gasteiger partial charge < -0.3 is 16.2 Å². The van der Waals surface area contributed by atoms with E-state index in [9.17, 15) is 9.18 Å². The van der Waals surface area contributed by atoms with Crippen molar-refractivity contribution in [2.75, 3.05) is 7.11 Å². The van der Waals surface area contributed by atoms with Crippen molar-refractivity contribution in [1.82, 2.24) is 0 Å². The van der Waals surface area contributed by atoms with E-state index in [0.29, 0.717) is 34.4 Å². The van der Waals surface area contributed by atoms with Gasteiger partial charge in [0.25, 0.3) is 5.91 Å². The van der Waals surface area contributed by atoms with E-state index in [1.807, 2.05) is 38.1 Å². The number of amides is 1. The molecule has 1 atom stereocenters. The molecule has 0 bridgehead atoms. The monoisotopic (exact) mass is 554 g/mol. The summed E-state index contributed by atoms with van der Waals surface area (Å²) in [6, 6.07) is 15.4. The van der Waals surface area contributed by atoms with Crippen LogP contribution in [0.4, 0.5) is 4.39 Å². The fourth-order valence-corrected chi connectivity index (χ4v) is 3.91. The average Bonchev–Trinajstić information content (AvgIpc) is 2.94. The summed E-state index contributed by atoms with van der Waals surface area (Å²) in [6.07, 6.45) is 8.20. The molecule has 0 unspecified atom stereocenters. The van der Waals surface area contributed by atoms with E-state index in [2.05, 4.69) is 18.8 Å². The van der Waals surface area contributed by atoms with E-state index in [0.717, 1.165) is 12.8 Å². The number of ether oxygens (including phenoxy) is 1. The second kappa shape index (κ2) is 21.5. The molecule has 0 radical (unpaired) electrons. The number of amidine groups is 1. The molecule has 4 N–H and O–H groups in total. The summed E-state index contributed by atoms with van der Waals surface area (Å²) in [5.74, 6) is -0.419. The molecule has 0 fully saturated rings. The lowest BCUT2D eigenvalue weighted by Gasteiger charge is -2.14. The fourth-order valence-electron chi connectivity index (χ4n) is 3.11. The number of methoxy groups -OCH3 is 1. The van der Waals surface area contributed by atoms with Gasteiger partial charge in [0.1, 0.15) is 11.6 Å². The first-order valence-electron chi connectivity index (χ1n) is 13.2. The van der Waals surface area contributed by atoms with Gasteiger partial charge in [0.05, 0.1) is 24.1 Å². The van der Waals surface area contributed by atoms with E-state index in [-0.39, 0.29) is 10.5 Å². The van der Waals surface area contributed by atoms with Crippen LogP contribution >= 0.6 is 11.8 Å². The van der Waals surface area contributed by atoms with Crippen molar-refractivity contribution in [3.8, 4) is 11.8 Å². The predicted molar refractivity (Wildman–Crippen MR) is 164 cm³/mol. The quantitative estimate of drug-likeness (QED) is 0.108. The summed E-state index contributed by atoms with van der Waals surface area (Å²) in [5.41, 5.74) is 14.0. The Bertz CT molecular complexity index is 1120. The normalized spacial score (nSPS) is 12.2. The lowest BCUT2D eigenvalue weighted by atomic mass is 9.95. The highest BCUT2D eigenvalue weighted by molar-refractivity contribution is 8.14. The van der Waals surface area contributed by atoms with Crippen LogP contribution in [0.15, 0.2) is 71.2 Å². The maximum atomic E-state index is 13.8. The molecule has 0 saturated carbocycles. The van der Waals surface area contributed by atoms with Crippen molar-refractivity contribution in [2.45, 2.75) is 72.1 Å². The van der Waals surface area contributed by atoms with Crippen molar-refractivity contribution in [3.05, 3.63) is 83.2 Å². The minimum atomic E-state index is -0.495. The van der Waals surface area contributed by atoms with Crippen molar-refractivity contribution in [3.63, 3.8) is 0 Å². The number of benzene rings is 2. The van der Waals surface area contributed by atoms with Crippen LogP contribution < -0.4 is 16.2 Å². The van der Waals surface area contributed by atoms with E-state index in [4.69, 9.17) is 21.5 Å². The molecule has 6 nitrogen and oxygen atoms in total. The highest BCUT2D eigenvalue weighted by Gasteiger charge is 2.18. The van der Waals surface area contributed by atoms with Crippen LogP contribution in [0.1, 0.15) is 77.8 Å². The van der Waals surface area contributed by atoms with Crippen LogP contribution in [0.25, 0.3) is 5.57 Å². The number of halogens is 1. The molecular formula is C31H43FN4O2S. The van der Waals surface area contributed by atoms with Crippen LogP contribution in [-0.4, -0.2) is 23.6 Å². The van der Waals surface area contributed by atoms with E-state index >= 15 is 0 Å². The molecule has 0 aliphatic rings. The number of hydrogen-bond donors (Lipinski definition) is 2. The SMILES string of the molecule is C/C=C\C(C(=O)N=C(N)S[C@@H](N)CCC)=C(/CC)c1cc(F)ccc1OC.CCCC.N#Cc1ccccc1. The molecule has 212 valence electrons. The molecule has 8 heteroatoms. The second-order valence-electron chi connectivity index (χ2n) is 8.27. The second-order valence-corrected chi connectivity index (χ2v) is 9.53. The largest absolute Gasteiger partial charge is 0.496 e. The summed E-state index contributed by atoms with van der Waals surface area (Å²) >= 11 is 1.17. The Kier molecular flexibility index (Phi) is 19.6. The maximum absolute atomic E-state index is 13.8. The zero-order valence-corrected chi connectivity index (χ0v) is 24.9. The van der Waals surface area contributed by atoms with Crippen LogP contribution in [0.2, 0.25) is 0 Å². The minimum Gasteiger partial charge on any atom is -0.496 e. The van der Waals surface area contributed by atoms with Gasteiger partial charge in [0.2, 0.25) is 0 Å². The molecule has 2 aromatic rings. The van der Waals surface area contributed by atoms with Gasteiger partial charge in [-0.1, -0.05) is 89.1 Å². The highest BCUT2D eigenvalue weighted by Crippen LogP contribution is 2.32. The molecule has 0 heterocycles. The molecule has 2 aromatic carbocycles. The number of thioether (sulfide) groups is 1. The molecule has 0 aliphatic carbocycles. The summed E-state index contributed by atoms with van der Waals surface area (Å²) in [6.45, 7) is 10.1. The lowest BCUT2D eigenvalue weighted by Crippen LogP contribution is -2.22. The molecule has 2 rings (SSSR count). The number of nitriles is 1. The Morgan fingerprint density at radius 3 is 2.23 bits per heavy atom. The van der Waals surface area contributed by atoms with Crippen LogP contribution in [0.5, 0.6) is 5.75 Å². The predicted octanol–water partition coefficient (Wildman–Crippen LogP) is 7.60. The van der Waals surface area contributed by atoms with Crippen molar-refractivity contribution >= 4 is 28.4 Å². The van der Waals surface area contributed by atoms with Gasteiger partial charge in [-0.15, -0.1) is 0 Å². The minimum absolute atomic E-state index is 0.115. The molecule has 0 aliphatic heterocycles. The van der Waals surface area contributed by atoms with Gasteiger partial charge in [-0.2, -0.15) is 10.3 Å². The Hall–Kier alpha value is -3.41. The first-order chi connectivity index (χ1) is 18.7. The Balaban J connectivity index is 0.000000986.